The largest absolute Gasteiger partial charge is 0.491 e. The third-order valence-corrected chi connectivity index (χ3v) is 7.75. The SMILES string of the molecule is CCc1cc2c(s1)CCO[C@@]21CCN(CC(O)COc2ccc(Cl)cc2)[C@@H](C)C1. The van der Waals surface area contributed by atoms with Gasteiger partial charge in [-0.1, -0.05) is 18.5 Å². The molecule has 1 aromatic heterocycles. The molecule has 1 saturated heterocycles. The number of hydrogen-bond acceptors (Lipinski definition) is 5. The Morgan fingerprint density at radius 1 is 1.38 bits per heavy atom. The molecule has 2 aliphatic heterocycles. The molecule has 29 heavy (non-hydrogen) atoms. The van der Waals surface area contributed by atoms with Gasteiger partial charge in [0.05, 0.1) is 12.2 Å². The molecule has 4 nitrogen and oxygen atoms in total. The number of hydrogen-bond donors (Lipinski definition) is 1. The Kier molecular flexibility index (Phi) is 6.52. The second-order valence-electron chi connectivity index (χ2n) is 8.21. The third-order valence-electron chi connectivity index (χ3n) is 6.16. The zero-order valence-electron chi connectivity index (χ0n) is 17.2. The third kappa shape index (κ3) is 4.64. The Labute approximate surface area is 182 Å². The molecule has 1 spiro atoms. The molecule has 4 rings (SSSR count). The molecule has 0 amide bonds. The van der Waals surface area contributed by atoms with Gasteiger partial charge < -0.3 is 14.6 Å². The van der Waals surface area contributed by atoms with Crippen LogP contribution in [0.4, 0.5) is 0 Å². The number of halogens is 1. The first-order chi connectivity index (χ1) is 14.0. The van der Waals surface area contributed by atoms with Crippen LogP contribution in [0.25, 0.3) is 0 Å². The quantitative estimate of drug-likeness (QED) is 0.716. The predicted molar refractivity (Wildman–Crippen MR) is 118 cm³/mol. The molecule has 3 atom stereocenters. The predicted octanol–water partition coefficient (Wildman–Crippen LogP) is 4.66. The van der Waals surface area contributed by atoms with Crippen LogP contribution in [0, 0.1) is 0 Å². The fourth-order valence-corrected chi connectivity index (χ4v) is 5.90. The summed E-state index contributed by atoms with van der Waals surface area (Å²) in [6.45, 7) is 7.11. The van der Waals surface area contributed by atoms with Gasteiger partial charge in [0.25, 0.3) is 0 Å². The highest BCUT2D eigenvalue weighted by Crippen LogP contribution is 2.46. The lowest BCUT2D eigenvalue weighted by Gasteiger charge is -2.47. The van der Waals surface area contributed by atoms with E-state index in [-0.39, 0.29) is 12.2 Å². The number of ether oxygens (including phenoxy) is 2. The van der Waals surface area contributed by atoms with Crippen LogP contribution in [0.5, 0.6) is 5.75 Å². The minimum Gasteiger partial charge on any atom is -0.491 e. The van der Waals surface area contributed by atoms with Crippen molar-refractivity contribution in [3.05, 3.63) is 50.7 Å². The second-order valence-corrected chi connectivity index (χ2v) is 9.87. The average Bonchev–Trinajstić information content (AvgIpc) is 3.15. The van der Waals surface area contributed by atoms with Crippen LogP contribution in [0.1, 0.15) is 42.0 Å². The summed E-state index contributed by atoms with van der Waals surface area (Å²) in [6, 6.07) is 9.98. The molecule has 2 aliphatic rings. The Hall–Kier alpha value is -1.11. The van der Waals surface area contributed by atoms with E-state index >= 15 is 0 Å². The van der Waals surface area contributed by atoms with Crippen molar-refractivity contribution < 1.29 is 14.6 Å². The molecule has 1 aromatic carbocycles. The summed E-state index contributed by atoms with van der Waals surface area (Å²) in [5.41, 5.74) is 1.29. The molecule has 3 heterocycles. The van der Waals surface area contributed by atoms with Crippen molar-refractivity contribution in [1.82, 2.24) is 4.90 Å². The smallest absolute Gasteiger partial charge is 0.119 e. The molecule has 0 bridgehead atoms. The second kappa shape index (κ2) is 8.94. The van der Waals surface area contributed by atoms with Crippen LogP contribution >= 0.6 is 22.9 Å². The van der Waals surface area contributed by atoms with Gasteiger partial charge in [0.1, 0.15) is 18.5 Å². The molecule has 0 radical (unpaired) electrons. The number of piperidine rings is 1. The van der Waals surface area contributed by atoms with E-state index in [4.69, 9.17) is 21.1 Å². The van der Waals surface area contributed by atoms with Crippen LogP contribution in [-0.2, 0) is 23.2 Å². The summed E-state index contributed by atoms with van der Waals surface area (Å²) in [6.07, 6.45) is 3.56. The summed E-state index contributed by atoms with van der Waals surface area (Å²) in [4.78, 5) is 5.35. The van der Waals surface area contributed by atoms with E-state index in [0.717, 1.165) is 44.6 Å². The highest BCUT2D eigenvalue weighted by molar-refractivity contribution is 7.12. The summed E-state index contributed by atoms with van der Waals surface area (Å²) >= 11 is 7.86. The molecule has 1 N–H and O–H groups in total. The molecular weight excluding hydrogens is 406 g/mol. The normalized spacial score (nSPS) is 25.7. The van der Waals surface area contributed by atoms with Gasteiger partial charge in [-0.3, -0.25) is 4.90 Å². The van der Waals surface area contributed by atoms with E-state index in [1.54, 1.807) is 12.1 Å². The number of benzene rings is 1. The standard InChI is InChI=1S/C23H30ClNO3S/c1-3-20-12-21-22(29-20)8-11-28-23(21)9-10-25(16(2)13-23)14-18(26)15-27-19-6-4-17(24)5-7-19/h4-7,12,16,18,26H,3,8-11,13-15H2,1-2H3/t16-,18?,23+/m0/s1. The average molecular weight is 436 g/mol. The maximum atomic E-state index is 10.5. The van der Waals surface area contributed by atoms with E-state index in [1.165, 1.54) is 15.3 Å². The van der Waals surface area contributed by atoms with Gasteiger partial charge in [-0.25, -0.2) is 0 Å². The molecule has 1 unspecified atom stereocenters. The lowest BCUT2D eigenvalue weighted by Crippen LogP contribution is -2.52. The van der Waals surface area contributed by atoms with Crippen LogP contribution in [-0.4, -0.2) is 48.5 Å². The summed E-state index contributed by atoms with van der Waals surface area (Å²) in [7, 11) is 0. The van der Waals surface area contributed by atoms with E-state index in [2.05, 4.69) is 24.8 Å². The van der Waals surface area contributed by atoms with Gasteiger partial charge in [-0.15, -0.1) is 11.3 Å². The molecule has 6 heteroatoms. The van der Waals surface area contributed by atoms with Gasteiger partial charge in [-0.2, -0.15) is 0 Å². The summed E-state index contributed by atoms with van der Waals surface area (Å²) < 4.78 is 12.1. The van der Waals surface area contributed by atoms with Crippen LogP contribution in [0.2, 0.25) is 5.02 Å². The van der Waals surface area contributed by atoms with E-state index in [9.17, 15) is 5.11 Å². The van der Waals surface area contributed by atoms with Gasteiger partial charge in [0.15, 0.2) is 0 Å². The van der Waals surface area contributed by atoms with E-state index in [0.29, 0.717) is 17.6 Å². The van der Waals surface area contributed by atoms with Crippen molar-refractivity contribution in [2.75, 3.05) is 26.3 Å². The maximum absolute atomic E-state index is 10.5. The number of aryl methyl sites for hydroxylation is 1. The van der Waals surface area contributed by atoms with Crippen molar-refractivity contribution in [3.63, 3.8) is 0 Å². The van der Waals surface area contributed by atoms with Crippen molar-refractivity contribution in [1.29, 1.82) is 0 Å². The number of rotatable bonds is 6. The highest BCUT2D eigenvalue weighted by Gasteiger charge is 2.44. The van der Waals surface area contributed by atoms with Gasteiger partial charge in [-0.05, 0) is 62.1 Å². The van der Waals surface area contributed by atoms with Crippen LogP contribution in [0.3, 0.4) is 0 Å². The van der Waals surface area contributed by atoms with Crippen molar-refractivity contribution >= 4 is 22.9 Å². The minimum atomic E-state index is -0.530. The molecule has 2 aromatic rings. The van der Waals surface area contributed by atoms with E-state index < -0.39 is 6.10 Å². The lowest BCUT2D eigenvalue weighted by molar-refractivity contribution is -0.115. The van der Waals surface area contributed by atoms with Gasteiger partial charge in [0.2, 0.25) is 0 Å². The number of aliphatic hydroxyl groups is 1. The van der Waals surface area contributed by atoms with Crippen molar-refractivity contribution in [2.45, 2.75) is 57.3 Å². The number of nitrogens with zero attached hydrogens (tertiary/aromatic N) is 1. The number of likely N-dealkylation sites (tertiary alicyclic amines) is 1. The first kappa shape index (κ1) is 21.1. The van der Waals surface area contributed by atoms with Gasteiger partial charge in [0, 0.05) is 40.3 Å². The summed E-state index contributed by atoms with van der Waals surface area (Å²) in [5.74, 6) is 0.728. The molecular formula is C23H30ClNO3S. The minimum absolute atomic E-state index is 0.141. The molecule has 0 aliphatic carbocycles. The highest BCUT2D eigenvalue weighted by atomic mass is 35.5. The van der Waals surface area contributed by atoms with Crippen molar-refractivity contribution in [2.24, 2.45) is 0 Å². The molecule has 1 fully saturated rings. The first-order valence-electron chi connectivity index (χ1n) is 10.6. The Morgan fingerprint density at radius 2 is 2.17 bits per heavy atom. The molecule has 158 valence electrons. The maximum Gasteiger partial charge on any atom is 0.119 e. The fraction of sp³-hybridized carbons (Fsp3) is 0.565. The first-order valence-corrected chi connectivity index (χ1v) is 11.7. The Morgan fingerprint density at radius 3 is 2.90 bits per heavy atom. The van der Waals surface area contributed by atoms with Crippen molar-refractivity contribution in [3.8, 4) is 5.75 Å². The van der Waals surface area contributed by atoms with E-state index in [1.807, 2.05) is 23.5 Å². The number of fused-ring (bicyclic) bond motifs is 2. The van der Waals surface area contributed by atoms with Crippen LogP contribution < -0.4 is 4.74 Å². The van der Waals surface area contributed by atoms with Gasteiger partial charge >= 0.3 is 0 Å². The number of aliphatic hydroxyl groups excluding tert-OH is 1. The molecule has 0 saturated carbocycles. The number of β-amino-alcohol motifs (C(OH)–C–C–N with tert-alkyl or cyclic N) is 1. The van der Waals surface area contributed by atoms with Crippen LogP contribution in [0.15, 0.2) is 30.3 Å². The zero-order valence-corrected chi connectivity index (χ0v) is 18.8. The zero-order chi connectivity index (χ0) is 20.4. The monoisotopic (exact) mass is 435 g/mol. The lowest BCUT2D eigenvalue weighted by atomic mass is 9.79. The summed E-state index contributed by atoms with van der Waals surface area (Å²) in [5, 5.41) is 11.2. The number of thiophene rings is 1. The topological polar surface area (TPSA) is 41.9 Å². The Balaban J connectivity index is 1.35. The Bertz CT molecular complexity index is 824. The fourth-order valence-electron chi connectivity index (χ4n) is 4.59.